The van der Waals surface area contributed by atoms with E-state index in [2.05, 4.69) is 72.1 Å². The Morgan fingerprint density at radius 3 is 0.892 bits per heavy atom. The number of fused-ring (bicyclic) bond motifs is 9. The van der Waals surface area contributed by atoms with E-state index in [9.17, 15) is 28.8 Å². The molecule has 6 amide bonds. The summed E-state index contributed by atoms with van der Waals surface area (Å²) in [6, 6.07) is 10.9. The van der Waals surface area contributed by atoms with Gasteiger partial charge in [0.2, 0.25) is 0 Å². The fourth-order valence-corrected chi connectivity index (χ4v) is 12.8. The Morgan fingerprint density at radius 1 is 0.452 bits per heavy atom. The Hall–Kier alpha value is -9.09. The second-order valence-corrected chi connectivity index (χ2v) is 29.5. The first kappa shape index (κ1) is 66.8. The van der Waals surface area contributed by atoms with Crippen molar-refractivity contribution in [1.82, 2.24) is 31.0 Å². The van der Waals surface area contributed by atoms with Gasteiger partial charge in [0.15, 0.2) is 17.5 Å². The average molecular weight is 1280 g/mol. The standard InChI is InChI=1S/3C23H30N4O4/c3*1-13-8-18-17(27-15(3)20(28)25-24-19(27)10-30-18)9-16(13)14(2)23(7)11-26(12-23)21(29)31-22(4,5)6/h3*8-9,15H,2,10-12H2,1,3-7H3,(H,25,28)/t2*15-;/m10./s1. The first-order valence-corrected chi connectivity index (χ1v) is 31.5. The van der Waals surface area contributed by atoms with E-state index < -0.39 is 16.8 Å². The summed E-state index contributed by atoms with van der Waals surface area (Å²) in [5.41, 5.74) is 16.7. The van der Waals surface area contributed by atoms with E-state index in [1.807, 2.05) is 155 Å². The number of amides is 6. The number of aryl methyl sites for hydroxylation is 3. The maximum atomic E-state index is 12.4. The molecule has 24 nitrogen and oxygen atoms in total. The topological polar surface area (TPSA) is 250 Å². The van der Waals surface area contributed by atoms with Crippen LogP contribution < -0.4 is 45.2 Å². The van der Waals surface area contributed by atoms with Gasteiger partial charge in [-0.25, -0.2) is 30.7 Å². The van der Waals surface area contributed by atoms with E-state index in [0.717, 1.165) is 84.4 Å². The number of nitrogens with one attached hydrogen (secondary N) is 3. The summed E-state index contributed by atoms with van der Waals surface area (Å²) in [5.74, 6) is 3.73. The average Bonchev–Trinajstić information content (AvgIpc) is 0.756. The molecule has 93 heavy (non-hydrogen) atoms. The van der Waals surface area contributed by atoms with Gasteiger partial charge in [0.25, 0.3) is 17.7 Å². The van der Waals surface area contributed by atoms with Gasteiger partial charge in [0.1, 0.15) is 72.0 Å². The van der Waals surface area contributed by atoms with E-state index in [4.69, 9.17) is 28.4 Å². The predicted octanol–water partition coefficient (Wildman–Crippen LogP) is 9.89. The first-order valence-electron chi connectivity index (χ1n) is 31.5. The van der Waals surface area contributed by atoms with Gasteiger partial charge in [0, 0.05) is 55.5 Å². The second kappa shape index (κ2) is 23.8. The predicted molar refractivity (Wildman–Crippen MR) is 357 cm³/mol. The molecule has 0 radical (unpaired) electrons. The summed E-state index contributed by atoms with van der Waals surface area (Å²) in [4.78, 5) is 84.6. The molecule has 9 aliphatic rings. The van der Waals surface area contributed by atoms with Crippen molar-refractivity contribution in [3.05, 3.63) is 89.5 Å². The highest BCUT2D eigenvalue weighted by atomic mass is 16.6. The number of carbonyl (C=O) groups excluding carboxylic acids is 6. The molecule has 9 heterocycles. The maximum absolute atomic E-state index is 12.4. The van der Waals surface area contributed by atoms with Crippen molar-refractivity contribution < 1.29 is 57.2 Å². The zero-order chi connectivity index (χ0) is 68.1. The van der Waals surface area contributed by atoms with Crippen molar-refractivity contribution in [2.24, 2.45) is 31.5 Å². The maximum Gasteiger partial charge on any atom is 0.410 e. The minimum atomic E-state index is -0.522. The lowest BCUT2D eigenvalue weighted by Crippen LogP contribution is -2.58. The van der Waals surface area contributed by atoms with Crippen LogP contribution >= 0.6 is 0 Å². The van der Waals surface area contributed by atoms with Gasteiger partial charge >= 0.3 is 18.3 Å². The number of hydrazone groups is 3. The van der Waals surface area contributed by atoms with Gasteiger partial charge in [-0.2, -0.15) is 15.3 Å². The highest BCUT2D eigenvalue weighted by Crippen LogP contribution is 2.50. The molecule has 0 saturated carbocycles. The number of carbonyl (C=O) groups is 6. The Morgan fingerprint density at radius 2 is 0.677 bits per heavy atom. The van der Waals surface area contributed by atoms with Crippen molar-refractivity contribution in [3.63, 3.8) is 0 Å². The van der Waals surface area contributed by atoms with E-state index in [1.54, 1.807) is 14.7 Å². The van der Waals surface area contributed by atoms with Crippen molar-refractivity contribution >= 4 is 87.3 Å². The molecule has 3 fully saturated rings. The zero-order valence-electron chi connectivity index (χ0n) is 57.1. The SMILES string of the molecule is C=C(c1cc2c(cc1C)OCC1=NNC(=O)C(C)N12)C1(C)CN(C(=O)OC(C)(C)C)C1.C=C(c1cc2c(cc1C)OCC1=NNC(=O)[C@@H](C)N12)C1(C)CN(C(=O)OC(C)(C)C)C1.C=C(c1cc2c(cc1C)OCC1=NNC(=O)[C@H](C)N12)C1(C)CN(C(=O)OC(C)(C)C)C1. The van der Waals surface area contributed by atoms with Crippen LogP contribution in [-0.4, -0.2) is 162 Å². The summed E-state index contributed by atoms with van der Waals surface area (Å²) in [6.07, 6.45) is -0.910. The quantitative estimate of drug-likeness (QED) is 0.194. The van der Waals surface area contributed by atoms with E-state index in [1.165, 1.54) is 0 Å². The molecular formula is C69H90N12O12. The number of likely N-dealkylation sites (tertiary alicyclic amines) is 3. The van der Waals surface area contributed by atoms with Gasteiger partial charge in [-0.3, -0.25) is 14.4 Å². The molecule has 3 saturated heterocycles. The largest absolute Gasteiger partial charge is 0.483 e. The summed E-state index contributed by atoms with van der Waals surface area (Å²) < 4.78 is 34.1. The van der Waals surface area contributed by atoms with Crippen LogP contribution in [0, 0.1) is 37.0 Å². The minimum absolute atomic E-state index is 0.156. The molecule has 0 aliphatic carbocycles. The number of ether oxygens (including phenoxy) is 6. The van der Waals surface area contributed by atoms with Crippen molar-refractivity contribution in [2.75, 3.05) is 73.8 Å². The Balaban J connectivity index is 0.000000153. The third kappa shape index (κ3) is 13.1. The lowest BCUT2D eigenvalue weighted by Gasteiger charge is -2.49. The number of hydrogen-bond acceptors (Lipinski definition) is 18. The molecule has 3 aromatic rings. The fraction of sp³-hybridized carbons (Fsp3) is 0.522. The summed E-state index contributed by atoms with van der Waals surface area (Å²) in [6.45, 7) is 52.0. The van der Waals surface area contributed by atoms with Crippen LogP contribution in [0.3, 0.4) is 0 Å². The van der Waals surface area contributed by atoms with Crippen LogP contribution in [0.25, 0.3) is 16.7 Å². The van der Waals surface area contributed by atoms with Crippen LogP contribution in [0.15, 0.2) is 71.4 Å². The number of amidine groups is 3. The summed E-state index contributed by atoms with van der Waals surface area (Å²) in [5, 5.41) is 12.5. The lowest BCUT2D eigenvalue weighted by molar-refractivity contribution is -0.123. The van der Waals surface area contributed by atoms with Gasteiger partial charge in [-0.15, -0.1) is 0 Å². The van der Waals surface area contributed by atoms with Gasteiger partial charge in [-0.05, 0) is 190 Å². The molecule has 0 bridgehead atoms. The molecule has 24 heteroatoms. The van der Waals surface area contributed by atoms with Crippen LogP contribution in [0.2, 0.25) is 0 Å². The molecule has 12 rings (SSSR count). The second-order valence-electron chi connectivity index (χ2n) is 29.5. The highest BCUT2D eigenvalue weighted by molar-refractivity contribution is 6.11. The molecular weight excluding hydrogens is 1190 g/mol. The van der Waals surface area contributed by atoms with E-state index >= 15 is 0 Å². The number of anilines is 3. The Bertz CT molecular complexity index is 3390. The molecule has 498 valence electrons. The monoisotopic (exact) mass is 1280 g/mol. The van der Waals surface area contributed by atoms with E-state index in [-0.39, 0.29) is 70.4 Å². The fourth-order valence-electron chi connectivity index (χ4n) is 12.8. The molecule has 0 aromatic heterocycles. The summed E-state index contributed by atoms with van der Waals surface area (Å²) >= 11 is 0. The molecule has 3 atom stereocenters. The third-order valence-corrected chi connectivity index (χ3v) is 18.1. The number of nitrogens with zero attached hydrogens (tertiary/aromatic N) is 9. The Kier molecular flexibility index (Phi) is 17.1. The van der Waals surface area contributed by atoms with Crippen molar-refractivity contribution in [3.8, 4) is 17.2 Å². The first-order chi connectivity index (χ1) is 43.2. The molecule has 1 unspecified atom stereocenters. The highest BCUT2D eigenvalue weighted by Gasteiger charge is 2.50. The molecule has 3 N–H and O–H groups in total. The smallest absolute Gasteiger partial charge is 0.410 e. The van der Waals surface area contributed by atoms with Gasteiger partial charge in [-0.1, -0.05) is 40.5 Å². The third-order valence-electron chi connectivity index (χ3n) is 18.1. The van der Waals surface area contributed by atoms with Gasteiger partial charge < -0.3 is 57.8 Å². The van der Waals surface area contributed by atoms with Crippen LogP contribution in [0.4, 0.5) is 31.4 Å². The zero-order valence-corrected chi connectivity index (χ0v) is 57.1. The lowest BCUT2D eigenvalue weighted by atomic mass is 9.72. The van der Waals surface area contributed by atoms with Crippen LogP contribution in [-0.2, 0) is 28.6 Å². The number of rotatable bonds is 6. The van der Waals surface area contributed by atoms with Crippen molar-refractivity contribution in [1.29, 1.82) is 0 Å². The minimum Gasteiger partial charge on any atom is -0.483 e. The van der Waals surface area contributed by atoms with Crippen LogP contribution in [0.5, 0.6) is 17.2 Å². The Labute approximate surface area is 545 Å². The molecule has 3 aromatic carbocycles. The summed E-state index contributed by atoms with van der Waals surface area (Å²) in [7, 11) is 0. The van der Waals surface area contributed by atoms with E-state index in [0.29, 0.717) is 76.6 Å². The van der Waals surface area contributed by atoms with Gasteiger partial charge in [0.05, 0.1) is 17.1 Å². The number of benzene rings is 3. The van der Waals surface area contributed by atoms with Crippen LogP contribution in [0.1, 0.15) is 137 Å². The molecule has 9 aliphatic heterocycles. The number of hydrogen-bond donors (Lipinski definition) is 3. The van der Waals surface area contributed by atoms with Crippen molar-refractivity contribution in [2.45, 2.75) is 160 Å². The normalized spacial score (nSPS) is 21.7. The molecule has 0 spiro atoms.